The zero-order valence-electron chi connectivity index (χ0n) is 11.0. The van der Waals surface area contributed by atoms with Crippen LogP contribution in [0.3, 0.4) is 0 Å². The van der Waals surface area contributed by atoms with Crippen LogP contribution in [0.2, 0.25) is 0 Å². The predicted molar refractivity (Wildman–Crippen MR) is 67.7 cm³/mol. The highest BCUT2D eigenvalue weighted by atomic mass is 19.1. The van der Waals surface area contributed by atoms with Crippen molar-refractivity contribution in [3.63, 3.8) is 0 Å². The first-order valence-corrected chi connectivity index (χ1v) is 6.29. The van der Waals surface area contributed by atoms with E-state index in [9.17, 15) is 8.78 Å². The lowest BCUT2D eigenvalue weighted by atomic mass is 10.0. The van der Waals surface area contributed by atoms with Crippen molar-refractivity contribution in [2.24, 2.45) is 20.0 Å². The molecule has 0 bridgehead atoms. The van der Waals surface area contributed by atoms with Gasteiger partial charge in [0, 0.05) is 11.1 Å². The third-order valence-corrected chi connectivity index (χ3v) is 3.90. The minimum absolute atomic E-state index is 0.182. The molecule has 4 nitrogen and oxygen atoms in total. The molecule has 2 aromatic rings. The minimum Gasteiger partial charge on any atom is -0.259 e. The van der Waals surface area contributed by atoms with Gasteiger partial charge in [-0.2, -0.15) is 0 Å². The molecule has 0 fully saturated rings. The van der Waals surface area contributed by atoms with E-state index in [1.54, 1.807) is 13.8 Å². The van der Waals surface area contributed by atoms with Crippen LogP contribution in [0.15, 0.2) is 20.0 Å². The number of halogens is 2. The maximum Gasteiger partial charge on any atom is 0.138 e. The van der Waals surface area contributed by atoms with Gasteiger partial charge < -0.3 is 0 Å². The van der Waals surface area contributed by atoms with Crippen LogP contribution in [0.4, 0.5) is 8.78 Å². The van der Waals surface area contributed by atoms with Crippen molar-refractivity contribution in [3.8, 4) is 0 Å². The molecule has 0 aromatic heterocycles. The van der Waals surface area contributed by atoms with Gasteiger partial charge in [-0.05, 0) is 13.8 Å². The van der Waals surface area contributed by atoms with Crippen LogP contribution < -0.4 is 21.4 Å². The second kappa shape index (κ2) is 3.65. The summed E-state index contributed by atoms with van der Waals surface area (Å²) in [4.78, 5) is 16.7. The van der Waals surface area contributed by atoms with Gasteiger partial charge in [-0.15, -0.1) is 0 Å². The van der Waals surface area contributed by atoms with Crippen molar-refractivity contribution in [2.75, 3.05) is 13.3 Å². The molecule has 100 valence electrons. The first kappa shape index (κ1) is 11.6. The standard InChI is InChI=1S/C14H10F2N4/c1-5-9(15)7-8(13-11(5)17-3-19-13)10(16)6(2)12-14(7)20-4-18-12/h3-4H2,1-2H3. The molecule has 0 saturated carbocycles. The van der Waals surface area contributed by atoms with E-state index in [4.69, 9.17) is 0 Å². The molecule has 0 radical (unpaired) electrons. The lowest BCUT2D eigenvalue weighted by molar-refractivity contribution is 0.613. The summed E-state index contributed by atoms with van der Waals surface area (Å²) in [6, 6.07) is 0. The van der Waals surface area contributed by atoms with E-state index in [0.717, 1.165) is 0 Å². The van der Waals surface area contributed by atoms with Gasteiger partial charge >= 0.3 is 0 Å². The highest BCUT2D eigenvalue weighted by Crippen LogP contribution is 2.17. The molecule has 0 aliphatic carbocycles. The van der Waals surface area contributed by atoms with Gasteiger partial charge in [0.1, 0.15) is 25.0 Å². The Morgan fingerprint density at radius 1 is 0.650 bits per heavy atom. The molecular weight excluding hydrogens is 262 g/mol. The van der Waals surface area contributed by atoms with Gasteiger partial charge in [0.15, 0.2) is 0 Å². The largest absolute Gasteiger partial charge is 0.259 e. The Bertz CT molecular complexity index is 953. The van der Waals surface area contributed by atoms with E-state index in [1.165, 1.54) is 0 Å². The molecule has 0 amide bonds. The molecule has 2 aromatic carbocycles. The van der Waals surface area contributed by atoms with E-state index < -0.39 is 11.6 Å². The number of rotatable bonds is 0. The van der Waals surface area contributed by atoms with Crippen molar-refractivity contribution < 1.29 is 8.78 Å². The summed E-state index contributed by atoms with van der Waals surface area (Å²) in [6.45, 7) is 3.69. The highest BCUT2D eigenvalue weighted by molar-refractivity contribution is 5.84. The number of benzene rings is 2. The number of nitrogens with zero attached hydrogens (tertiary/aromatic N) is 4. The molecule has 20 heavy (non-hydrogen) atoms. The summed E-state index contributed by atoms with van der Waals surface area (Å²) in [5.74, 6) is -0.953. The van der Waals surface area contributed by atoms with Gasteiger partial charge in [0.2, 0.25) is 0 Å². The fraction of sp³-hybridized carbons (Fsp3) is 0.286. The van der Waals surface area contributed by atoms with Crippen LogP contribution >= 0.6 is 0 Å². The van der Waals surface area contributed by atoms with Crippen LogP contribution in [0.25, 0.3) is 10.8 Å². The summed E-state index contributed by atoms with van der Waals surface area (Å²) in [5.41, 5.74) is 0.780. The molecule has 6 heteroatoms. The zero-order chi connectivity index (χ0) is 14.0. The van der Waals surface area contributed by atoms with Crippen LogP contribution in [0, 0.1) is 25.5 Å². The van der Waals surface area contributed by atoms with Crippen LogP contribution in [-0.2, 0) is 0 Å². The van der Waals surface area contributed by atoms with Crippen molar-refractivity contribution in [2.45, 2.75) is 13.8 Å². The Morgan fingerprint density at radius 2 is 1.00 bits per heavy atom. The molecule has 0 N–H and O–H groups in total. The van der Waals surface area contributed by atoms with Gasteiger partial charge in [-0.1, -0.05) is 0 Å². The Balaban J connectivity index is 2.52. The van der Waals surface area contributed by atoms with Gasteiger partial charge in [0.05, 0.1) is 32.2 Å². The van der Waals surface area contributed by atoms with Crippen molar-refractivity contribution in [1.82, 2.24) is 0 Å². The second-order valence-corrected chi connectivity index (χ2v) is 4.94. The van der Waals surface area contributed by atoms with Crippen LogP contribution in [0.1, 0.15) is 11.1 Å². The molecule has 0 spiro atoms. The van der Waals surface area contributed by atoms with E-state index in [2.05, 4.69) is 20.0 Å². The molecule has 2 aliphatic heterocycles. The Labute approximate surface area is 111 Å². The third-order valence-electron chi connectivity index (χ3n) is 3.90. The lowest BCUT2D eigenvalue weighted by Crippen LogP contribution is -2.35. The summed E-state index contributed by atoms with van der Waals surface area (Å²) in [7, 11) is 0. The average Bonchev–Trinajstić information content (AvgIpc) is 3.08. The van der Waals surface area contributed by atoms with Gasteiger partial charge in [-0.25, -0.2) is 8.78 Å². The SMILES string of the molecule is Cc1c(F)c2c3c(c(C)c(F)c2c2c1=NCN=2)=NCN=3. The topological polar surface area (TPSA) is 49.4 Å². The summed E-state index contributed by atoms with van der Waals surface area (Å²) in [5, 5.41) is 2.13. The normalized spacial score (nSPS) is 15.2. The Kier molecular flexibility index (Phi) is 2.11. The Morgan fingerprint density at radius 3 is 1.40 bits per heavy atom. The number of hydrogen-bond acceptors (Lipinski definition) is 4. The quantitative estimate of drug-likeness (QED) is 0.656. The molecule has 0 atom stereocenters. The summed E-state index contributed by atoms with van der Waals surface area (Å²) in [6.07, 6.45) is 0. The fourth-order valence-electron chi connectivity index (χ4n) is 2.89. The first-order chi connectivity index (χ1) is 9.61. The molecule has 4 rings (SSSR count). The van der Waals surface area contributed by atoms with Crippen LogP contribution in [-0.4, -0.2) is 13.3 Å². The van der Waals surface area contributed by atoms with Gasteiger partial charge in [0.25, 0.3) is 0 Å². The van der Waals surface area contributed by atoms with Crippen LogP contribution in [0.5, 0.6) is 0 Å². The van der Waals surface area contributed by atoms with E-state index in [1.807, 2.05) is 0 Å². The van der Waals surface area contributed by atoms with E-state index in [0.29, 0.717) is 32.6 Å². The molecule has 2 aliphatic rings. The lowest BCUT2D eigenvalue weighted by Gasteiger charge is -2.06. The van der Waals surface area contributed by atoms with Gasteiger partial charge in [-0.3, -0.25) is 20.0 Å². The second-order valence-electron chi connectivity index (χ2n) is 4.94. The molecule has 0 unspecified atom stereocenters. The minimum atomic E-state index is -0.476. The van der Waals surface area contributed by atoms with Crippen molar-refractivity contribution in [3.05, 3.63) is 44.2 Å². The maximum atomic E-state index is 14.7. The maximum absolute atomic E-state index is 14.7. The third kappa shape index (κ3) is 1.19. The Hall–Kier alpha value is -2.24. The molecule has 0 saturated heterocycles. The van der Waals surface area contributed by atoms with E-state index >= 15 is 0 Å². The smallest absolute Gasteiger partial charge is 0.138 e. The van der Waals surface area contributed by atoms with Crippen molar-refractivity contribution >= 4 is 10.8 Å². The molecular formula is C14H10F2N4. The summed E-state index contributed by atoms with van der Waals surface area (Å²) >= 11 is 0. The zero-order valence-corrected chi connectivity index (χ0v) is 11.0. The van der Waals surface area contributed by atoms with E-state index in [-0.39, 0.29) is 24.1 Å². The fourth-order valence-corrected chi connectivity index (χ4v) is 2.89. The van der Waals surface area contributed by atoms with Crippen molar-refractivity contribution in [1.29, 1.82) is 0 Å². The number of fused-ring (bicyclic) bond motifs is 5. The molecule has 2 heterocycles. The predicted octanol–water partition coefficient (Wildman–Crippen LogP) is 0.155. The first-order valence-electron chi connectivity index (χ1n) is 6.29. The highest BCUT2D eigenvalue weighted by Gasteiger charge is 2.21. The monoisotopic (exact) mass is 272 g/mol. The summed E-state index contributed by atoms with van der Waals surface area (Å²) < 4.78 is 29.3. The number of hydrogen-bond donors (Lipinski definition) is 0. The average molecular weight is 272 g/mol.